The van der Waals surface area contributed by atoms with Gasteiger partial charge in [-0.25, -0.2) is 0 Å². The van der Waals surface area contributed by atoms with E-state index in [1.165, 1.54) is 30.4 Å². The van der Waals surface area contributed by atoms with Crippen molar-refractivity contribution < 1.29 is 9.90 Å². The zero-order chi connectivity index (χ0) is 14.7. The monoisotopic (exact) mass is 284 g/mol. The SMILES string of the molecule is Cc1ccc(C23CC4CC(CC(CC(=O)O)(C4)C2)C3)cc1. The van der Waals surface area contributed by atoms with Gasteiger partial charge in [-0.05, 0) is 73.7 Å². The van der Waals surface area contributed by atoms with E-state index in [4.69, 9.17) is 0 Å². The van der Waals surface area contributed by atoms with E-state index in [9.17, 15) is 9.90 Å². The molecule has 0 saturated heterocycles. The van der Waals surface area contributed by atoms with Crippen molar-refractivity contribution in [1.82, 2.24) is 0 Å². The topological polar surface area (TPSA) is 37.3 Å². The number of hydrogen-bond donors (Lipinski definition) is 1. The molecule has 21 heavy (non-hydrogen) atoms. The first kappa shape index (κ1) is 13.4. The van der Waals surface area contributed by atoms with Crippen LogP contribution in [0.3, 0.4) is 0 Å². The Morgan fingerprint density at radius 2 is 1.76 bits per heavy atom. The van der Waals surface area contributed by atoms with E-state index in [1.54, 1.807) is 0 Å². The third-order valence-corrected chi connectivity index (χ3v) is 6.37. The van der Waals surface area contributed by atoms with Gasteiger partial charge in [-0.1, -0.05) is 29.8 Å². The molecule has 0 heterocycles. The number of carboxylic acids is 1. The fraction of sp³-hybridized carbons (Fsp3) is 0.632. The Balaban J connectivity index is 1.73. The lowest BCUT2D eigenvalue weighted by Gasteiger charge is -2.62. The maximum absolute atomic E-state index is 11.4. The Labute approximate surface area is 126 Å². The van der Waals surface area contributed by atoms with Crippen molar-refractivity contribution in [1.29, 1.82) is 0 Å². The molecular formula is C19H24O2. The third-order valence-electron chi connectivity index (χ3n) is 6.37. The van der Waals surface area contributed by atoms with E-state index < -0.39 is 5.97 Å². The molecule has 4 aliphatic carbocycles. The normalized spacial score (nSPS) is 40.4. The van der Waals surface area contributed by atoms with E-state index in [1.807, 2.05) is 0 Å². The fourth-order valence-electron chi connectivity index (χ4n) is 6.22. The number of hydrogen-bond acceptors (Lipinski definition) is 1. The van der Waals surface area contributed by atoms with Crippen molar-refractivity contribution in [3.63, 3.8) is 0 Å². The largest absolute Gasteiger partial charge is 0.481 e. The highest BCUT2D eigenvalue weighted by molar-refractivity contribution is 5.68. The molecule has 2 nitrogen and oxygen atoms in total. The summed E-state index contributed by atoms with van der Waals surface area (Å²) < 4.78 is 0. The van der Waals surface area contributed by atoms with Gasteiger partial charge in [0.05, 0.1) is 6.42 Å². The molecule has 0 amide bonds. The van der Waals surface area contributed by atoms with Crippen LogP contribution in [0.5, 0.6) is 0 Å². The molecule has 0 aliphatic heterocycles. The van der Waals surface area contributed by atoms with Crippen LogP contribution < -0.4 is 0 Å². The molecule has 4 fully saturated rings. The highest BCUT2D eigenvalue weighted by Crippen LogP contribution is 2.66. The van der Waals surface area contributed by atoms with Crippen molar-refractivity contribution in [2.75, 3.05) is 0 Å². The van der Waals surface area contributed by atoms with Crippen LogP contribution in [0.2, 0.25) is 0 Å². The highest BCUT2D eigenvalue weighted by Gasteiger charge is 2.58. The molecule has 0 radical (unpaired) electrons. The molecule has 1 aromatic carbocycles. The molecule has 2 heteroatoms. The Hall–Kier alpha value is -1.31. The second-order valence-corrected chi connectivity index (χ2v) is 8.18. The minimum atomic E-state index is -0.601. The average molecular weight is 284 g/mol. The first-order valence-corrected chi connectivity index (χ1v) is 8.28. The number of carbonyl (C=O) groups is 1. The van der Waals surface area contributed by atoms with Gasteiger partial charge in [0, 0.05) is 0 Å². The predicted molar refractivity (Wildman–Crippen MR) is 82.2 cm³/mol. The summed E-state index contributed by atoms with van der Waals surface area (Å²) in [6, 6.07) is 9.05. The molecule has 4 bridgehead atoms. The second-order valence-electron chi connectivity index (χ2n) is 8.18. The summed E-state index contributed by atoms with van der Waals surface area (Å²) >= 11 is 0. The maximum atomic E-state index is 11.4. The van der Waals surface area contributed by atoms with Crippen molar-refractivity contribution in [2.24, 2.45) is 17.3 Å². The van der Waals surface area contributed by atoms with Gasteiger partial charge in [0.1, 0.15) is 0 Å². The molecule has 4 saturated carbocycles. The van der Waals surface area contributed by atoms with Crippen LogP contribution in [0.1, 0.15) is 56.1 Å². The minimum absolute atomic E-state index is 0.0841. The van der Waals surface area contributed by atoms with E-state index in [0.717, 1.165) is 31.1 Å². The second kappa shape index (κ2) is 4.34. The van der Waals surface area contributed by atoms with Crippen LogP contribution >= 0.6 is 0 Å². The maximum Gasteiger partial charge on any atom is 0.303 e. The van der Waals surface area contributed by atoms with Crippen LogP contribution in [-0.4, -0.2) is 11.1 Å². The molecule has 2 atom stereocenters. The van der Waals surface area contributed by atoms with Gasteiger partial charge in [-0.3, -0.25) is 4.79 Å². The van der Waals surface area contributed by atoms with Gasteiger partial charge in [0.15, 0.2) is 0 Å². The Kier molecular flexibility index (Phi) is 2.76. The molecular weight excluding hydrogens is 260 g/mol. The van der Waals surface area contributed by atoms with Crippen LogP contribution in [0, 0.1) is 24.2 Å². The highest BCUT2D eigenvalue weighted by atomic mass is 16.4. The Morgan fingerprint density at radius 3 is 2.33 bits per heavy atom. The molecule has 0 spiro atoms. The van der Waals surface area contributed by atoms with Gasteiger partial charge in [-0.15, -0.1) is 0 Å². The number of rotatable bonds is 3. The molecule has 4 aliphatic rings. The van der Waals surface area contributed by atoms with Gasteiger partial charge < -0.3 is 5.11 Å². The fourth-order valence-corrected chi connectivity index (χ4v) is 6.22. The summed E-state index contributed by atoms with van der Waals surface area (Å²) in [7, 11) is 0. The quantitative estimate of drug-likeness (QED) is 0.898. The van der Waals surface area contributed by atoms with E-state index in [-0.39, 0.29) is 10.8 Å². The third kappa shape index (κ3) is 2.11. The van der Waals surface area contributed by atoms with E-state index in [2.05, 4.69) is 31.2 Å². The van der Waals surface area contributed by atoms with Crippen molar-refractivity contribution in [3.8, 4) is 0 Å². The first-order valence-electron chi connectivity index (χ1n) is 8.28. The van der Waals surface area contributed by atoms with E-state index in [0.29, 0.717) is 6.42 Å². The average Bonchev–Trinajstić information content (AvgIpc) is 2.35. The van der Waals surface area contributed by atoms with E-state index >= 15 is 0 Å². The van der Waals surface area contributed by atoms with Crippen LogP contribution in [0.15, 0.2) is 24.3 Å². The van der Waals surface area contributed by atoms with Crippen molar-refractivity contribution in [2.45, 2.75) is 57.3 Å². The Bertz CT molecular complexity index is 558. The summed E-state index contributed by atoms with van der Waals surface area (Å²) in [6.07, 6.45) is 7.71. The number of aliphatic carboxylic acids is 1. The summed E-state index contributed by atoms with van der Waals surface area (Å²) in [5.74, 6) is 0.912. The molecule has 112 valence electrons. The molecule has 2 unspecified atom stereocenters. The predicted octanol–water partition coefficient (Wildman–Crippen LogP) is 4.31. The van der Waals surface area contributed by atoms with Gasteiger partial charge >= 0.3 is 5.97 Å². The molecule has 1 N–H and O–H groups in total. The number of benzene rings is 1. The lowest BCUT2D eigenvalue weighted by molar-refractivity contribution is -0.146. The smallest absolute Gasteiger partial charge is 0.303 e. The standard InChI is InChI=1S/C19H24O2/c1-13-2-4-16(5-3-13)19-9-14-6-15(10-19)8-18(7-14,12-19)11-17(20)21/h2-5,14-15H,6-12H2,1H3,(H,20,21). The summed E-state index contributed by atoms with van der Waals surface area (Å²) in [4.78, 5) is 11.4. The van der Waals surface area contributed by atoms with Crippen molar-refractivity contribution in [3.05, 3.63) is 35.4 Å². The van der Waals surface area contributed by atoms with Crippen LogP contribution in [0.25, 0.3) is 0 Å². The first-order chi connectivity index (χ1) is 9.99. The zero-order valence-electron chi connectivity index (χ0n) is 12.8. The lowest BCUT2D eigenvalue weighted by Crippen LogP contribution is -2.54. The summed E-state index contributed by atoms with van der Waals surface area (Å²) in [5, 5.41) is 9.36. The van der Waals surface area contributed by atoms with Gasteiger partial charge in [0.25, 0.3) is 0 Å². The minimum Gasteiger partial charge on any atom is -0.481 e. The number of aryl methyl sites for hydroxylation is 1. The lowest BCUT2D eigenvalue weighted by atomic mass is 9.42. The molecule has 5 rings (SSSR count). The summed E-state index contributed by atoms with van der Waals surface area (Å²) in [5.41, 5.74) is 3.13. The van der Waals surface area contributed by atoms with Gasteiger partial charge in [-0.2, -0.15) is 0 Å². The summed E-state index contributed by atoms with van der Waals surface area (Å²) in [6.45, 7) is 2.13. The number of carboxylic acid groups (broad SMARTS) is 1. The zero-order valence-corrected chi connectivity index (χ0v) is 12.8. The van der Waals surface area contributed by atoms with Crippen LogP contribution in [-0.2, 0) is 10.2 Å². The van der Waals surface area contributed by atoms with Gasteiger partial charge in [0.2, 0.25) is 0 Å². The Morgan fingerprint density at radius 1 is 1.14 bits per heavy atom. The molecule has 1 aromatic rings. The van der Waals surface area contributed by atoms with Crippen LogP contribution in [0.4, 0.5) is 0 Å². The van der Waals surface area contributed by atoms with Crippen molar-refractivity contribution >= 4 is 5.97 Å². The molecule has 0 aromatic heterocycles.